The molecular formula is C23H17F2N3O4S. The van der Waals surface area contributed by atoms with Crippen LogP contribution in [0.1, 0.15) is 23.0 Å². The zero-order valence-corrected chi connectivity index (χ0v) is 18.1. The molecule has 0 saturated heterocycles. The standard InChI is InChI=1S/C23H17F2N3O4S/c1-2-32-23(31)20-15-12-33-21(26-18(29)11-13-7-9-14(24)10-8-13)19(15)22(30)28(27-20)17-6-4-3-5-16(17)25/h3-10,12H,2,11H2,1H3,(H,26,29). The predicted molar refractivity (Wildman–Crippen MR) is 120 cm³/mol. The third-order valence-electron chi connectivity index (χ3n) is 4.73. The second kappa shape index (κ2) is 9.29. The van der Waals surface area contributed by atoms with Crippen molar-refractivity contribution in [3.63, 3.8) is 0 Å². The molecule has 0 bridgehead atoms. The zero-order chi connectivity index (χ0) is 23.5. The fraction of sp³-hybridized carbons (Fsp3) is 0.130. The molecule has 2 heterocycles. The molecule has 7 nitrogen and oxygen atoms in total. The van der Waals surface area contributed by atoms with Gasteiger partial charge in [-0.15, -0.1) is 11.3 Å². The zero-order valence-electron chi connectivity index (χ0n) is 17.3. The molecule has 0 fully saturated rings. The molecule has 0 atom stereocenters. The Morgan fingerprint density at radius 2 is 1.85 bits per heavy atom. The SMILES string of the molecule is CCOC(=O)c1nn(-c2ccccc2F)c(=O)c2c(NC(=O)Cc3ccc(F)cc3)scc12. The highest BCUT2D eigenvalue weighted by atomic mass is 32.1. The maximum Gasteiger partial charge on any atom is 0.359 e. The van der Waals surface area contributed by atoms with Crippen molar-refractivity contribution < 1.29 is 23.1 Å². The number of carbonyl (C=O) groups excluding carboxylic acids is 2. The number of hydrogen-bond donors (Lipinski definition) is 1. The van der Waals surface area contributed by atoms with Gasteiger partial charge in [0.25, 0.3) is 5.56 Å². The monoisotopic (exact) mass is 469 g/mol. The number of amides is 1. The lowest BCUT2D eigenvalue weighted by atomic mass is 10.1. The van der Waals surface area contributed by atoms with E-state index >= 15 is 0 Å². The van der Waals surface area contributed by atoms with Crippen LogP contribution in [0.2, 0.25) is 0 Å². The molecule has 1 amide bonds. The van der Waals surface area contributed by atoms with E-state index in [0.717, 1.165) is 22.1 Å². The summed E-state index contributed by atoms with van der Waals surface area (Å²) in [6, 6.07) is 11.0. The smallest absolute Gasteiger partial charge is 0.359 e. The van der Waals surface area contributed by atoms with E-state index in [2.05, 4.69) is 10.4 Å². The summed E-state index contributed by atoms with van der Waals surface area (Å²) in [6.07, 6.45) is -0.0585. The van der Waals surface area contributed by atoms with Gasteiger partial charge >= 0.3 is 5.97 Å². The number of hydrogen-bond acceptors (Lipinski definition) is 6. The van der Waals surface area contributed by atoms with Crippen molar-refractivity contribution in [2.45, 2.75) is 13.3 Å². The molecule has 33 heavy (non-hydrogen) atoms. The highest BCUT2D eigenvalue weighted by Crippen LogP contribution is 2.31. The van der Waals surface area contributed by atoms with Gasteiger partial charge in [-0.05, 0) is 36.8 Å². The molecule has 2 aromatic carbocycles. The molecule has 4 aromatic rings. The summed E-state index contributed by atoms with van der Waals surface area (Å²) in [5.74, 6) is -2.36. The third kappa shape index (κ3) is 4.51. The summed E-state index contributed by atoms with van der Waals surface area (Å²) < 4.78 is 33.4. The lowest BCUT2D eigenvalue weighted by molar-refractivity contribution is -0.115. The van der Waals surface area contributed by atoms with Gasteiger partial charge in [0.2, 0.25) is 5.91 Å². The Balaban J connectivity index is 1.80. The number of rotatable bonds is 6. The average molecular weight is 469 g/mol. The highest BCUT2D eigenvalue weighted by molar-refractivity contribution is 7.16. The quantitative estimate of drug-likeness (QED) is 0.430. The Bertz CT molecular complexity index is 1410. The van der Waals surface area contributed by atoms with Crippen LogP contribution in [0.25, 0.3) is 16.5 Å². The Labute approximate surface area is 190 Å². The number of halogens is 2. The normalized spacial score (nSPS) is 10.9. The van der Waals surface area contributed by atoms with Crippen molar-refractivity contribution in [3.05, 3.63) is 87.2 Å². The van der Waals surface area contributed by atoms with Gasteiger partial charge in [-0.25, -0.2) is 13.6 Å². The summed E-state index contributed by atoms with van der Waals surface area (Å²) in [5, 5.41) is 8.61. The maximum absolute atomic E-state index is 14.4. The molecule has 0 aliphatic rings. The molecule has 0 aliphatic heterocycles. The first-order valence-electron chi connectivity index (χ1n) is 9.90. The van der Waals surface area contributed by atoms with E-state index in [0.29, 0.717) is 5.56 Å². The van der Waals surface area contributed by atoms with Crippen LogP contribution in [0.3, 0.4) is 0 Å². The van der Waals surface area contributed by atoms with Gasteiger partial charge < -0.3 is 10.1 Å². The van der Waals surface area contributed by atoms with E-state index in [4.69, 9.17) is 4.74 Å². The van der Waals surface area contributed by atoms with E-state index in [9.17, 15) is 23.2 Å². The number of benzene rings is 2. The van der Waals surface area contributed by atoms with Crippen molar-refractivity contribution >= 4 is 39.0 Å². The van der Waals surface area contributed by atoms with Gasteiger partial charge in [0, 0.05) is 10.8 Å². The number of nitrogens with zero attached hydrogens (tertiary/aromatic N) is 2. The number of thiophene rings is 1. The number of fused-ring (bicyclic) bond motifs is 1. The second-order valence-corrected chi connectivity index (χ2v) is 7.82. The molecule has 4 rings (SSSR count). The molecule has 1 N–H and O–H groups in total. The Hall–Kier alpha value is -3.92. The molecular weight excluding hydrogens is 452 g/mol. The lowest BCUT2D eigenvalue weighted by Gasteiger charge is -2.10. The van der Waals surface area contributed by atoms with Gasteiger partial charge in [0.05, 0.1) is 18.4 Å². The fourth-order valence-electron chi connectivity index (χ4n) is 3.24. The van der Waals surface area contributed by atoms with Crippen molar-refractivity contribution in [1.82, 2.24) is 9.78 Å². The van der Waals surface area contributed by atoms with E-state index in [1.807, 2.05) is 0 Å². The first kappa shape index (κ1) is 22.3. The molecule has 0 aliphatic carbocycles. The molecule has 0 spiro atoms. The molecule has 0 saturated carbocycles. The summed E-state index contributed by atoms with van der Waals surface area (Å²) in [7, 11) is 0. The largest absolute Gasteiger partial charge is 0.461 e. The Morgan fingerprint density at radius 3 is 2.55 bits per heavy atom. The topological polar surface area (TPSA) is 90.3 Å². The molecule has 0 radical (unpaired) electrons. The molecule has 2 aromatic heterocycles. The third-order valence-corrected chi connectivity index (χ3v) is 5.63. The van der Waals surface area contributed by atoms with Crippen molar-refractivity contribution in [3.8, 4) is 5.69 Å². The summed E-state index contributed by atoms with van der Waals surface area (Å²) >= 11 is 1.03. The molecule has 168 valence electrons. The molecule has 10 heteroatoms. The van der Waals surface area contributed by atoms with Gasteiger partial charge in [-0.1, -0.05) is 24.3 Å². The van der Waals surface area contributed by atoms with Crippen molar-refractivity contribution in [2.75, 3.05) is 11.9 Å². The minimum Gasteiger partial charge on any atom is -0.461 e. The number of aromatic nitrogens is 2. The van der Waals surface area contributed by atoms with Crippen LogP contribution in [0, 0.1) is 11.6 Å². The summed E-state index contributed by atoms with van der Waals surface area (Å²) in [6.45, 7) is 1.70. The lowest BCUT2D eigenvalue weighted by Crippen LogP contribution is -2.26. The maximum atomic E-state index is 14.4. The first-order chi connectivity index (χ1) is 15.9. The number of esters is 1. The summed E-state index contributed by atoms with van der Waals surface area (Å²) in [4.78, 5) is 38.4. The van der Waals surface area contributed by atoms with Gasteiger partial charge in [-0.3, -0.25) is 9.59 Å². The number of anilines is 1. The van der Waals surface area contributed by atoms with Crippen LogP contribution in [0.15, 0.2) is 58.7 Å². The van der Waals surface area contributed by atoms with E-state index in [1.54, 1.807) is 6.92 Å². The van der Waals surface area contributed by atoms with Gasteiger partial charge in [-0.2, -0.15) is 9.78 Å². The summed E-state index contributed by atoms with van der Waals surface area (Å²) in [5.41, 5.74) is -0.455. The van der Waals surface area contributed by atoms with Crippen molar-refractivity contribution in [2.24, 2.45) is 0 Å². The Kier molecular flexibility index (Phi) is 6.27. The van der Waals surface area contributed by atoms with Crippen LogP contribution in [0.4, 0.5) is 13.8 Å². The average Bonchev–Trinajstić information content (AvgIpc) is 3.20. The highest BCUT2D eigenvalue weighted by Gasteiger charge is 2.24. The van der Waals surface area contributed by atoms with Crippen LogP contribution in [0.5, 0.6) is 0 Å². The number of carbonyl (C=O) groups is 2. The molecule has 0 unspecified atom stereocenters. The fourth-order valence-corrected chi connectivity index (χ4v) is 4.19. The Morgan fingerprint density at radius 1 is 1.12 bits per heavy atom. The van der Waals surface area contributed by atoms with Crippen molar-refractivity contribution in [1.29, 1.82) is 0 Å². The van der Waals surface area contributed by atoms with Crippen LogP contribution >= 0.6 is 11.3 Å². The van der Waals surface area contributed by atoms with Crippen LogP contribution < -0.4 is 10.9 Å². The predicted octanol–water partition coefficient (Wildman–Crippen LogP) is 4.08. The first-order valence-corrected chi connectivity index (χ1v) is 10.8. The van der Waals surface area contributed by atoms with E-state index < -0.39 is 29.1 Å². The number of ether oxygens (including phenoxy) is 1. The number of nitrogens with one attached hydrogen (secondary N) is 1. The van der Waals surface area contributed by atoms with E-state index in [1.165, 1.54) is 47.8 Å². The number of para-hydroxylation sites is 1. The van der Waals surface area contributed by atoms with Gasteiger partial charge in [0.15, 0.2) is 5.69 Å². The van der Waals surface area contributed by atoms with Gasteiger partial charge in [0.1, 0.15) is 22.3 Å². The van der Waals surface area contributed by atoms with Crippen LogP contribution in [-0.4, -0.2) is 28.3 Å². The van der Waals surface area contributed by atoms with E-state index in [-0.39, 0.29) is 40.2 Å². The van der Waals surface area contributed by atoms with Crippen LogP contribution in [-0.2, 0) is 16.0 Å². The minimum atomic E-state index is -0.783. The minimum absolute atomic E-state index is 0.00811. The second-order valence-electron chi connectivity index (χ2n) is 6.94.